The molecule has 3 heterocycles. The summed E-state index contributed by atoms with van der Waals surface area (Å²) in [5, 5.41) is 13.3. The highest BCUT2D eigenvalue weighted by molar-refractivity contribution is 7.13. The van der Waals surface area contributed by atoms with Crippen molar-refractivity contribution in [2.75, 3.05) is 31.1 Å². The van der Waals surface area contributed by atoms with Crippen LogP contribution >= 0.6 is 22.7 Å². The summed E-state index contributed by atoms with van der Waals surface area (Å²) >= 11 is 2.65. The van der Waals surface area contributed by atoms with Gasteiger partial charge in [-0.15, -0.1) is 22.7 Å². The Bertz CT molecular complexity index is 647. The van der Waals surface area contributed by atoms with E-state index in [1.807, 2.05) is 5.38 Å². The van der Waals surface area contributed by atoms with E-state index in [-0.39, 0.29) is 16.6 Å². The van der Waals surface area contributed by atoms with Crippen molar-refractivity contribution in [3.05, 3.63) is 27.7 Å². The van der Waals surface area contributed by atoms with Gasteiger partial charge in [0.25, 0.3) is 5.91 Å². The largest absolute Gasteiger partial charge is 0.476 e. The van der Waals surface area contributed by atoms with Crippen LogP contribution in [0.15, 0.2) is 17.0 Å². The number of hydrogen-bond donors (Lipinski definition) is 1. The van der Waals surface area contributed by atoms with Crippen LogP contribution in [0.5, 0.6) is 0 Å². The van der Waals surface area contributed by atoms with Crippen molar-refractivity contribution in [2.24, 2.45) is 0 Å². The molecule has 0 aromatic carbocycles. The maximum atomic E-state index is 12.3. The molecule has 0 saturated carbocycles. The first-order chi connectivity index (χ1) is 10.1. The minimum atomic E-state index is -1.11. The van der Waals surface area contributed by atoms with Crippen LogP contribution in [0.2, 0.25) is 0 Å². The standard InChI is InChI=1S/C12H12N4O3S2/c17-10(9-14-8(7-21-9)11(18)19)15-2-4-16(5-3-15)12-13-1-6-20-12/h1,6-7H,2-5H2,(H,18,19). The maximum Gasteiger partial charge on any atom is 0.355 e. The van der Waals surface area contributed by atoms with Crippen molar-refractivity contribution < 1.29 is 14.7 Å². The molecule has 7 nitrogen and oxygen atoms in total. The molecule has 9 heteroatoms. The molecule has 0 radical (unpaired) electrons. The van der Waals surface area contributed by atoms with E-state index in [0.29, 0.717) is 13.1 Å². The quantitative estimate of drug-likeness (QED) is 0.915. The number of thiazole rings is 2. The van der Waals surface area contributed by atoms with E-state index in [9.17, 15) is 9.59 Å². The monoisotopic (exact) mass is 324 g/mol. The topological polar surface area (TPSA) is 86.6 Å². The Labute approximate surface area is 128 Å². The lowest BCUT2D eigenvalue weighted by molar-refractivity contribution is 0.0691. The third-order valence-corrected chi connectivity index (χ3v) is 4.83. The smallest absolute Gasteiger partial charge is 0.355 e. The number of rotatable bonds is 3. The van der Waals surface area contributed by atoms with Crippen LogP contribution in [0.25, 0.3) is 0 Å². The molecule has 1 N–H and O–H groups in total. The van der Waals surface area contributed by atoms with Crippen molar-refractivity contribution in [1.82, 2.24) is 14.9 Å². The number of aromatic carboxylic acids is 1. The van der Waals surface area contributed by atoms with Gasteiger partial charge in [-0.05, 0) is 0 Å². The maximum absolute atomic E-state index is 12.3. The highest BCUT2D eigenvalue weighted by Crippen LogP contribution is 2.20. The summed E-state index contributed by atoms with van der Waals surface area (Å²) in [4.78, 5) is 35.0. The van der Waals surface area contributed by atoms with Gasteiger partial charge in [0, 0.05) is 43.1 Å². The Balaban J connectivity index is 1.63. The van der Waals surface area contributed by atoms with Gasteiger partial charge in [-0.25, -0.2) is 14.8 Å². The van der Waals surface area contributed by atoms with Gasteiger partial charge in [0.2, 0.25) is 0 Å². The fourth-order valence-electron chi connectivity index (χ4n) is 2.08. The fraction of sp³-hybridized carbons (Fsp3) is 0.333. The third-order valence-electron chi connectivity index (χ3n) is 3.16. The summed E-state index contributed by atoms with van der Waals surface area (Å²) in [6, 6.07) is 0. The molecule has 0 aliphatic carbocycles. The molecule has 2 aromatic rings. The average Bonchev–Trinajstić information content (AvgIpc) is 3.18. The number of piperazine rings is 1. The summed E-state index contributed by atoms with van der Waals surface area (Å²) in [6.07, 6.45) is 1.76. The van der Waals surface area contributed by atoms with Crippen molar-refractivity contribution in [3.8, 4) is 0 Å². The highest BCUT2D eigenvalue weighted by Gasteiger charge is 2.25. The van der Waals surface area contributed by atoms with Crippen molar-refractivity contribution in [1.29, 1.82) is 0 Å². The number of nitrogens with zero attached hydrogens (tertiary/aromatic N) is 4. The van der Waals surface area contributed by atoms with Crippen LogP contribution in [0.1, 0.15) is 20.3 Å². The summed E-state index contributed by atoms with van der Waals surface area (Å²) < 4.78 is 0. The second-order valence-electron chi connectivity index (χ2n) is 4.44. The first-order valence-electron chi connectivity index (χ1n) is 6.27. The summed E-state index contributed by atoms with van der Waals surface area (Å²) in [5.41, 5.74) is -0.0789. The second kappa shape index (κ2) is 5.78. The van der Waals surface area contributed by atoms with E-state index in [0.717, 1.165) is 29.6 Å². The van der Waals surface area contributed by atoms with Gasteiger partial charge < -0.3 is 14.9 Å². The molecule has 1 fully saturated rings. The SMILES string of the molecule is O=C(O)c1csc(C(=O)N2CCN(c3nccs3)CC2)n1. The number of carboxylic acids is 1. The molecule has 1 aliphatic rings. The molecule has 1 saturated heterocycles. The molecule has 2 aromatic heterocycles. The number of aromatic nitrogens is 2. The van der Waals surface area contributed by atoms with E-state index < -0.39 is 5.97 Å². The van der Waals surface area contributed by atoms with Crippen molar-refractivity contribution in [3.63, 3.8) is 0 Å². The van der Waals surface area contributed by atoms with Gasteiger partial charge in [0.1, 0.15) is 0 Å². The Kier molecular flexibility index (Phi) is 3.84. The molecule has 110 valence electrons. The van der Waals surface area contributed by atoms with E-state index in [1.165, 1.54) is 5.38 Å². The van der Waals surface area contributed by atoms with Crippen molar-refractivity contribution >= 4 is 39.7 Å². The summed E-state index contributed by atoms with van der Waals surface area (Å²) in [5.74, 6) is -1.31. The van der Waals surface area contributed by atoms with Crippen molar-refractivity contribution in [2.45, 2.75) is 0 Å². The first kappa shape index (κ1) is 14.0. The fourth-order valence-corrected chi connectivity index (χ4v) is 3.53. The zero-order valence-corrected chi connectivity index (χ0v) is 12.6. The van der Waals surface area contributed by atoms with Crippen LogP contribution < -0.4 is 4.90 Å². The normalized spacial score (nSPS) is 15.2. The third kappa shape index (κ3) is 2.88. The number of amides is 1. The minimum absolute atomic E-state index is 0.0789. The van der Waals surface area contributed by atoms with E-state index in [1.54, 1.807) is 22.4 Å². The lowest BCUT2D eigenvalue weighted by atomic mass is 10.3. The van der Waals surface area contributed by atoms with Gasteiger partial charge in [-0.3, -0.25) is 4.79 Å². The number of carbonyl (C=O) groups is 2. The van der Waals surface area contributed by atoms with Gasteiger partial charge in [-0.2, -0.15) is 0 Å². The highest BCUT2D eigenvalue weighted by atomic mass is 32.1. The molecule has 3 rings (SSSR count). The van der Waals surface area contributed by atoms with Crippen LogP contribution in [0.3, 0.4) is 0 Å². The number of anilines is 1. The molecular formula is C12H12N4O3S2. The summed E-state index contributed by atoms with van der Waals surface area (Å²) in [6.45, 7) is 2.60. The van der Waals surface area contributed by atoms with Gasteiger partial charge in [0.15, 0.2) is 15.8 Å². The van der Waals surface area contributed by atoms with Crippen LogP contribution in [0, 0.1) is 0 Å². The van der Waals surface area contributed by atoms with E-state index in [2.05, 4.69) is 14.9 Å². The number of carbonyl (C=O) groups excluding carboxylic acids is 1. The average molecular weight is 324 g/mol. The molecule has 0 bridgehead atoms. The van der Waals surface area contributed by atoms with E-state index in [4.69, 9.17) is 5.11 Å². The molecule has 1 aliphatic heterocycles. The predicted octanol–water partition coefficient (Wildman–Crippen LogP) is 1.26. The Morgan fingerprint density at radius 1 is 1.19 bits per heavy atom. The van der Waals surface area contributed by atoms with Crippen LogP contribution in [0.4, 0.5) is 5.13 Å². The second-order valence-corrected chi connectivity index (χ2v) is 6.17. The van der Waals surface area contributed by atoms with Crippen LogP contribution in [-0.4, -0.2) is 58.0 Å². The van der Waals surface area contributed by atoms with Gasteiger partial charge in [-0.1, -0.05) is 0 Å². The molecule has 1 amide bonds. The van der Waals surface area contributed by atoms with Gasteiger partial charge in [0.05, 0.1) is 0 Å². The molecule has 0 unspecified atom stereocenters. The Hall–Kier alpha value is -2.00. The number of carboxylic acid groups (broad SMARTS) is 1. The van der Waals surface area contributed by atoms with Gasteiger partial charge >= 0.3 is 5.97 Å². The Morgan fingerprint density at radius 2 is 1.95 bits per heavy atom. The molecular weight excluding hydrogens is 312 g/mol. The molecule has 0 spiro atoms. The van der Waals surface area contributed by atoms with E-state index >= 15 is 0 Å². The zero-order valence-electron chi connectivity index (χ0n) is 10.9. The molecule has 21 heavy (non-hydrogen) atoms. The Morgan fingerprint density at radius 3 is 2.52 bits per heavy atom. The lowest BCUT2D eigenvalue weighted by Crippen LogP contribution is -2.48. The summed E-state index contributed by atoms with van der Waals surface area (Å²) in [7, 11) is 0. The first-order valence-corrected chi connectivity index (χ1v) is 8.03. The molecule has 0 atom stereocenters. The minimum Gasteiger partial charge on any atom is -0.476 e. The number of hydrogen-bond acceptors (Lipinski definition) is 7. The zero-order chi connectivity index (χ0) is 14.8. The lowest BCUT2D eigenvalue weighted by Gasteiger charge is -2.34. The van der Waals surface area contributed by atoms with Crippen LogP contribution in [-0.2, 0) is 0 Å². The predicted molar refractivity (Wildman–Crippen MR) is 79.3 cm³/mol.